The molecule has 2 amide bonds. The first-order valence-electron chi connectivity index (χ1n) is 7.96. The fraction of sp³-hybridized carbons (Fsp3) is 0.529. The lowest BCUT2D eigenvalue weighted by atomic mass is 10.1. The lowest BCUT2D eigenvalue weighted by Crippen LogP contribution is -2.50. The number of benzene rings is 1. The number of halogens is 1. The zero-order valence-corrected chi connectivity index (χ0v) is 14.5. The first-order chi connectivity index (χ1) is 11.0. The van der Waals surface area contributed by atoms with Gasteiger partial charge in [0.1, 0.15) is 0 Å². The lowest BCUT2D eigenvalue weighted by molar-refractivity contribution is -0.138. The van der Waals surface area contributed by atoms with Gasteiger partial charge < -0.3 is 15.1 Å². The first-order valence-corrected chi connectivity index (χ1v) is 8.34. The van der Waals surface area contributed by atoms with Crippen molar-refractivity contribution in [3.8, 4) is 0 Å². The maximum atomic E-state index is 12.1. The van der Waals surface area contributed by atoms with Gasteiger partial charge in [0.15, 0.2) is 0 Å². The second-order valence-corrected chi connectivity index (χ2v) is 6.30. The van der Waals surface area contributed by atoms with Crippen LogP contribution in [0.5, 0.6) is 0 Å². The zero-order valence-electron chi connectivity index (χ0n) is 13.8. The summed E-state index contributed by atoms with van der Waals surface area (Å²) < 4.78 is 0. The summed E-state index contributed by atoms with van der Waals surface area (Å²) in [6, 6.07) is 5.94. The molecule has 0 atom stereocenters. The Morgan fingerprint density at radius 1 is 1.17 bits per heavy atom. The van der Waals surface area contributed by atoms with E-state index in [0.29, 0.717) is 39.1 Å². The molecule has 1 aliphatic rings. The Morgan fingerprint density at radius 3 is 2.43 bits per heavy atom. The number of carbonyl (C=O) groups excluding carboxylic acids is 2. The third kappa shape index (κ3) is 5.22. The highest BCUT2D eigenvalue weighted by Gasteiger charge is 2.21. The molecule has 1 aromatic carbocycles. The van der Waals surface area contributed by atoms with Gasteiger partial charge in [-0.3, -0.25) is 9.59 Å². The van der Waals surface area contributed by atoms with Crippen molar-refractivity contribution in [2.24, 2.45) is 0 Å². The number of nitrogens with zero attached hydrogens (tertiary/aromatic N) is 2. The van der Waals surface area contributed by atoms with Gasteiger partial charge >= 0.3 is 0 Å². The number of nitrogens with one attached hydrogen (secondary N) is 1. The number of aryl methyl sites for hydroxylation is 1. The molecule has 6 heteroatoms. The predicted molar refractivity (Wildman–Crippen MR) is 91.3 cm³/mol. The molecule has 0 spiro atoms. The number of carbonyl (C=O) groups is 2. The fourth-order valence-corrected chi connectivity index (χ4v) is 2.79. The average molecular weight is 338 g/mol. The van der Waals surface area contributed by atoms with Gasteiger partial charge in [-0.05, 0) is 24.1 Å². The van der Waals surface area contributed by atoms with Crippen molar-refractivity contribution < 1.29 is 9.59 Å². The van der Waals surface area contributed by atoms with Gasteiger partial charge in [-0.2, -0.15) is 0 Å². The van der Waals surface area contributed by atoms with Gasteiger partial charge in [0, 0.05) is 57.6 Å². The van der Waals surface area contributed by atoms with Crippen molar-refractivity contribution in [1.29, 1.82) is 0 Å². The SMILES string of the molecule is CC(=O)N1CCN(C(=O)CCNCc2ccc(Cl)c(C)c2)CC1. The van der Waals surface area contributed by atoms with Crippen molar-refractivity contribution >= 4 is 23.4 Å². The van der Waals surface area contributed by atoms with Crippen molar-refractivity contribution in [1.82, 2.24) is 15.1 Å². The molecule has 0 radical (unpaired) electrons. The second kappa shape index (κ2) is 8.31. The van der Waals surface area contributed by atoms with Crippen LogP contribution in [0.15, 0.2) is 18.2 Å². The van der Waals surface area contributed by atoms with Crippen molar-refractivity contribution in [3.63, 3.8) is 0 Å². The minimum Gasteiger partial charge on any atom is -0.339 e. The van der Waals surface area contributed by atoms with Gasteiger partial charge in [0.05, 0.1) is 0 Å². The van der Waals surface area contributed by atoms with E-state index in [2.05, 4.69) is 11.4 Å². The molecule has 1 saturated heterocycles. The van der Waals surface area contributed by atoms with Crippen molar-refractivity contribution in [3.05, 3.63) is 34.3 Å². The topological polar surface area (TPSA) is 52.7 Å². The predicted octanol–water partition coefficient (Wildman–Crippen LogP) is 1.82. The Bertz CT molecular complexity index is 569. The molecule has 126 valence electrons. The van der Waals surface area contributed by atoms with Crippen LogP contribution in [0.2, 0.25) is 5.02 Å². The summed E-state index contributed by atoms with van der Waals surface area (Å²) in [5.74, 6) is 0.227. The molecule has 1 fully saturated rings. The molecule has 1 aromatic rings. The fourth-order valence-electron chi connectivity index (χ4n) is 2.67. The Kier molecular flexibility index (Phi) is 6.42. The standard InChI is InChI=1S/C17H24ClN3O2/c1-13-11-15(3-4-16(13)18)12-19-6-5-17(23)21-9-7-20(8-10-21)14(2)22/h3-4,11,19H,5-10,12H2,1-2H3. The molecular formula is C17H24ClN3O2. The van der Waals surface area contributed by atoms with E-state index in [0.717, 1.165) is 22.7 Å². The van der Waals surface area contributed by atoms with Crippen LogP contribution in [0.25, 0.3) is 0 Å². The highest BCUT2D eigenvalue weighted by molar-refractivity contribution is 6.31. The molecule has 5 nitrogen and oxygen atoms in total. The molecular weight excluding hydrogens is 314 g/mol. The van der Waals surface area contributed by atoms with Crippen LogP contribution < -0.4 is 5.32 Å². The smallest absolute Gasteiger partial charge is 0.223 e. The summed E-state index contributed by atoms with van der Waals surface area (Å²) in [5, 5.41) is 4.06. The molecule has 1 N–H and O–H groups in total. The van der Waals surface area contributed by atoms with Gasteiger partial charge in [-0.25, -0.2) is 0 Å². The van der Waals surface area contributed by atoms with E-state index in [1.165, 1.54) is 0 Å². The second-order valence-electron chi connectivity index (χ2n) is 5.90. The van der Waals surface area contributed by atoms with Crippen molar-refractivity contribution in [2.45, 2.75) is 26.8 Å². The maximum Gasteiger partial charge on any atom is 0.223 e. The normalized spacial score (nSPS) is 14.9. The Balaban J connectivity index is 1.67. The molecule has 1 aliphatic heterocycles. The zero-order chi connectivity index (χ0) is 16.8. The van der Waals surface area contributed by atoms with Crippen LogP contribution in [-0.2, 0) is 16.1 Å². The number of hydrogen-bond acceptors (Lipinski definition) is 3. The van der Waals surface area contributed by atoms with E-state index in [4.69, 9.17) is 11.6 Å². The monoisotopic (exact) mass is 337 g/mol. The number of piperazine rings is 1. The van der Waals surface area contributed by atoms with Gasteiger partial charge in [0.25, 0.3) is 0 Å². The largest absolute Gasteiger partial charge is 0.339 e. The van der Waals surface area contributed by atoms with E-state index in [9.17, 15) is 9.59 Å². The number of rotatable bonds is 5. The summed E-state index contributed by atoms with van der Waals surface area (Å²) in [6.45, 7) is 7.47. The molecule has 0 aromatic heterocycles. The summed E-state index contributed by atoms with van der Waals surface area (Å²) in [6.07, 6.45) is 0.479. The lowest BCUT2D eigenvalue weighted by Gasteiger charge is -2.34. The first kappa shape index (κ1) is 17.8. The summed E-state index contributed by atoms with van der Waals surface area (Å²) in [5.41, 5.74) is 2.22. The summed E-state index contributed by atoms with van der Waals surface area (Å²) in [7, 11) is 0. The minimum atomic E-state index is 0.0806. The molecule has 0 bridgehead atoms. The highest BCUT2D eigenvalue weighted by Crippen LogP contribution is 2.16. The Labute approximate surface area is 142 Å². The van der Waals surface area contributed by atoms with Crippen LogP contribution >= 0.6 is 11.6 Å². The molecule has 0 aliphatic carbocycles. The van der Waals surface area contributed by atoms with Crippen LogP contribution in [0, 0.1) is 6.92 Å². The van der Waals surface area contributed by atoms with Gasteiger partial charge in [-0.15, -0.1) is 0 Å². The highest BCUT2D eigenvalue weighted by atomic mass is 35.5. The molecule has 0 saturated carbocycles. The summed E-state index contributed by atoms with van der Waals surface area (Å²) in [4.78, 5) is 27.0. The molecule has 23 heavy (non-hydrogen) atoms. The van der Waals surface area contributed by atoms with E-state index < -0.39 is 0 Å². The van der Waals surface area contributed by atoms with Gasteiger partial charge in [-0.1, -0.05) is 23.7 Å². The third-order valence-electron chi connectivity index (χ3n) is 4.14. The van der Waals surface area contributed by atoms with Gasteiger partial charge in [0.2, 0.25) is 11.8 Å². The molecule has 2 rings (SSSR count). The van der Waals surface area contributed by atoms with Crippen LogP contribution in [0.4, 0.5) is 0 Å². The summed E-state index contributed by atoms with van der Waals surface area (Å²) >= 11 is 6.00. The Hall–Kier alpha value is -1.59. The van der Waals surface area contributed by atoms with Crippen LogP contribution in [0.1, 0.15) is 24.5 Å². The van der Waals surface area contributed by atoms with E-state index in [-0.39, 0.29) is 11.8 Å². The molecule has 1 heterocycles. The molecule has 0 unspecified atom stereocenters. The van der Waals surface area contributed by atoms with Crippen LogP contribution in [0.3, 0.4) is 0 Å². The van der Waals surface area contributed by atoms with E-state index in [1.807, 2.05) is 24.0 Å². The van der Waals surface area contributed by atoms with Crippen LogP contribution in [-0.4, -0.2) is 54.3 Å². The third-order valence-corrected chi connectivity index (χ3v) is 4.57. The number of amides is 2. The quantitative estimate of drug-likeness (QED) is 0.834. The minimum absolute atomic E-state index is 0.0806. The Morgan fingerprint density at radius 2 is 1.83 bits per heavy atom. The maximum absolute atomic E-state index is 12.1. The number of hydrogen-bond donors (Lipinski definition) is 1. The van der Waals surface area contributed by atoms with Crippen molar-refractivity contribution in [2.75, 3.05) is 32.7 Å². The van der Waals surface area contributed by atoms with E-state index >= 15 is 0 Å². The van der Waals surface area contributed by atoms with E-state index in [1.54, 1.807) is 11.8 Å². The average Bonchev–Trinajstić information content (AvgIpc) is 2.54.